The van der Waals surface area contributed by atoms with Gasteiger partial charge in [0.2, 0.25) is 0 Å². The topological polar surface area (TPSA) is 71.2 Å². The highest BCUT2D eigenvalue weighted by molar-refractivity contribution is 7.13. The maximum Gasteiger partial charge on any atom is 0.265 e. The summed E-state index contributed by atoms with van der Waals surface area (Å²) in [7, 11) is 0. The molecule has 0 bridgehead atoms. The summed E-state index contributed by atoms with van der Waals surface area (Å²) in [6.07, 6.45) is 0. The second kappa shape index (κ2) is 4.90. The molecule has 1 saturated heterocycles. The molecule has 1 amide bonds. The van der Waals surface area contributed by atoms with E-state index >= 15 is 0 Å². The molecule has 1 aliphatic rings. The monoisotopic (exact) mass is 240 g/mol. The van der Waals surface area contributed by atoms with Crippen molar-refractivity contribution in [2.75, 3.05) is 26.2 Å². The van der Waals surface area contributed by atoms with Gasteiger partial charge in [-0.3, -0.25) is 4.79 Å². The van der Waals surface area contributed by atoms with Crippen molar-refractivity contribution in [1.82, 2.24) is 15.2 Å². The van der Waals surface area contributed by atoms with Gasteiger partial charge in [0.15, 0.2) is 0 Å². The average molecular weight is 240 g/mol. The number of nitrogens with two attached hydrogens (primary N) is 1. The zero-order valence-corrected chi connectivity index (χ0v) is 10.1. The first kappa shape index (κ1) is 11.5. The van der Waals surface area contributed by atoms with Gasteiger partial charge in [0.1, 0.15) is 9.88 Å². The first-order chi connectivity index (χ1) is 7.72. The van der Waals surface area contributed by atoms with E-state index in [1.54, 1.807) is 0 Å². The number of nitrogens with one attached hydrogen (secondary N) is 1. The number of piperazine rings is 1. The van der Waals surface area contributed by atoms with E-state index < -0.39 is 0 Å². The van der Waals surface area contributed by atoms with Crippen LogP contribution in [0.4, 0.5) is 0 Å². The van der Waals surface area contributed by atoms with Crippen LogP contribution in [0.1, 0.15) is 20.4 Å². The smallest absolute Gasteiger partial charge is 0.265 e. The van der Waals surface area contributed by atoms with Gasteiger partial charge in [-0.25, -0.2) is 4.98 Å². The summed E-state index contributed by atoms with van der Waals surface area (Å²) in [5.74, 6) is 0.0937. The third-order valence-corrected chi connectivity index (χ3v) is 3.78. The van der Waals surface area contributed by atoms with Crippen molar-refractivity contribution in [2.45, 2.75) is 13.5 Å². The number of aromatic nitrogens is 1. The normalized spacial score (nSPS) is 16.5. The van der Waals surface area contributed by atoms with E-state index in [0.717, 1.165) is 41.8 Å². The number of rotatable bonds is 2. The van der Waals surface area contributed by atoms with Crippen LogP contribution >= 0.6 is 11.3 Å². The van der Waals surface area contributed by atoms with Crippen LogP contribution in [0, 0.1) is 6.92 Å². The number of hydrogen-bond donors (Lipinski definition) is 2. The Morgan fingerprint density at radius 2 is 2.25 bits per heavy atom. The summed E-state index contributed by atoms with van der Waals surface area (Å²) in [4.78, 5) is 19.1. The van der Waals surface area contributed by atoms with Gasteiger partial charge in [-0.05, 0) is 6.92 Å². The fourth-order valence-electron chi connectivity index (χ4n) is 1.75. The zero-order chi connectivity index (χ0) is 11.5. The van der Waals surface area contributed by atoms with Gasteiger partial charge in [0.05, 0.1) is 5.69 Å². The van der Waals surface area contributed by atoms with Crippen LogP contribution < -0.4 is 11.1 Å². The van der Waals surface area contributed by atoms with Gasteiger partial charge in [-0.2, -0.15) is 0 Å². The summed E-state index contributed by atoms with van der Waals surface area (Å²) in [5, 5.41) is 4.06. The van der Waals surface area contributed by atoms with Crippen LogP contribution in [-0.2, 0) is 6.54 Å². The number of amides is 1. The fraction of sp³-hybridized carbons (Fsp3) is 0.600. The molecule has 1 aromatic rings. The summed E-state index contributed by atoms with van der Waals surface area (Å²) in [6, 6.07) is 0. The molecule has 0 saturated carbocycles. The van der Waals surface area contributed by atoms with E-state index in [1.165, 1.54) is 11.3 Å². The van der Waals surface area contributed by atoms with Crippen LogP contribution in [0.3, 0.4) is 0 Å². The van der Waals surface area contributed by atoms with Crippen LogP contribution in [0.5, 0.6) is 0 Å². The summed E-state index contributed by atoms with van der Waals surface area (Å²) in [6.45, 7) is 5.55. The average Bonchev–Trinajstić information content (AvgIpc) is 2.71. The molecule has 0 spiro atoms. The van der Waals surface area contributed by atoms with Gasteiger partial charge in [0.25, 0.3) is 5.91 Å². The second-order valence-electron chi connectivity index (χ2n) is 3.77. The Balaban J connectivity index is 2.15. The number of aryl methyl sites for hydroxylation is 1. The molecule has 0 aromatic carbocycles. The Kier molecular flexibility index (Phi) is 3.52. The molecule has 1 aliphatic heterocycles. The van der Waals surface area contributed by atoms with Crippen molar-refractivity contribution in [2.24, 2.45) is 5.73 Å². The highest BCUT2D eigenvalue weighted by atomic mass is 32.1. The minimum absolute atomic E-state index is 0.0937. The Bertz CT molecular complexity index is 384. The Hall–Kier alpha value is -0.980. The Morgan fingerprint density at radius 3 is 2.81 bits per heavy atom. The molecule has 0 unspecified atom stereocenters. The lowest BCUT2D eigenvalue weighted by Gasteiger charge is -2.27. The fourth-order valence-corrected chi connectivity index (χ4v) is 2.66. The quantitative estimate of drug-likeness (QED) is 0.760. The summed E-state index contributed by atoms with van der Waals surface area (Å²) < 4.78 is 0. The summed E-state index contributed by atoms with van der Waals surface area (Å²) >= 11 is 1.41. The van der Waals surface area contributed by atoms with Crippen molar-refractivity contribution < 1.29 is 4.79 Å². The van der Waals surface area contributed by atoms with Crippen LogP contribution in [0.15, 0.2) is 0 Å². The molecular weight excluding hydrogens is 224 g/mol. The number of carbonyl (C=O) groups excluding carboxylic acids is 1. The van der Waals surface area contributed by atoms with E-state index in [1.807, 2.05) is 11.8 Å². The van der Waals surface area contributed by atoms with E-state index in [0.29, 0.717) is 6.54 Å². The number of nitrogens with zero attached hydrogens (tertiary/aromatic N) is 2. The van der Waals surface area contributed by atoms with Gasteiger partial charge in [-0.1, -0.05) is 0 Å². The first-order valence-electron chi connectivity index (χ1n) is 5.38. The molecule has 3 N–H and O–H groups in total. The summed E-state index contributed by atoms with van der Waals surface area (Å²) in [5.41, 5.74) is 6.32. The minimum atomic E-state index is 0.0937. The van der Waals surface area contributed by atoms with Gasteiger partial charge in [-0.15, -0.1) is 11.3 Å². The third-order valence-electron chi connectivity index (χ3n) is 2.61. The number of carbonyl (C=O) groups is 1. The molecule has 0 atom stereocenters. The van der Waals surface area contributed by atoms with Crippen molar-refractivity contribution in [3.05, 3.63) is 15.6 Å². The zero-order valence-electron chi connectivity index (χ0n) is 9.32. The van der Waals surface area contributed by atoms with Crippen LogP contribution in [0.25, 0.3) is 0 Å². The lowest BCUT2D eigenvalue weighted by molar-refractivity contribution is 0.0740. The SMILES string of the molecule is Cc1nc(CN)sc1C(=O)N1CCNCC1. The molecule has 5 nitrogen and oxygen atoms in total. The maximum atomic E-state index is 12.2. The molecule has 2 heterocycles. The van der Waals surface area contributed by atoms with E-state index in [-0.39, 0.29) is 5.91 Å². The minimum Gasteiger partial charge on any atom is -0.335 e. The molecule has 1 aromatic heterocycles. The predicted molar refractivity (Wildman–Crippen MR) is 63.5 cm³/mol. The highest BCUT2D eigenvalue weighted by Crippen LogP contribution is 2.19. The predicted octanol–water partition coefficient (Wildman–Crippen LogP) is -0.0444. The molecule has 16 heavy (non-hydrogen) atoms. The van der Waals surface area contributed by atoms with E-state index in [2.05, 4.69) is 10.3 Å². The standard InChI is InChI=1S/C10H16N4OS/c1-7-9(16-8(6-11)13-7)10(15)14-4-2-12-3-5-14/h12H,2-6,11H2,1H3. The molecule has 0 radical (unpaired) electrons. The van der Waals surface area contributed by atoms with Crippen LogP contribution in [-0.4, -0.2) is 42.0 Å². The number of thiazole rings is 1. The lowest BCUT2D eigenvalue weighted by Crippen LogP contribution is -2.46. The van der Waals surface area contributed by atoms with Gasteiger partial charge < -0.3 is 16.0 Å². The highest BCUT2D eigenvalue weighted by Gasteiger charge is 2.22. The van der Waals surface area contributed by atoms with E-state index in [4.69, 9.17) is 5.73 Å². The molecular formula is C10H16N4OS. The molecule has 2 rings (SSSR count). The van der Waals surface area contributed by atoms with E-state index in [9.17, 15) is 4.79 Å². The van der Waals surface area contributed by atoms with Crippen molar-refractivity contribution in [3.8, 4) is 0 Å². The van der Waals surface area contributed by atoms with Gasteiger partial charge in [0, 0.05) is 32.7 Å². The van der Waals surface area contributed by atoms with Crippen molar-refractivity contribution >= 4 is 17.2 Å². The third kappa shape index (κ3) is 2.23. The second-order valence-corrected chi connectivity index (χ2v) is 4.85. The molecule has 0 aliphatic carbocycles. The van der Waals surface area contributed by atoms with Crippen LogP contribution in [0.2, 0.25) is 0 Å². The molecule has 6 heteroatoms. The Morgan fingerprint density at radius 1 is 1.56 bits per heavy atom. The lowest BCUT2D eigenvalue weighted by atomic mass is 10.3. The maximum absolute atomic E-state index is 12.2. The van der Waals surface area contributed by atoms with Gasteiger partial charge >= 0.3 is 0 Å². The first-order valence-corrected chi connectivity index (χ1v) is 6.20. The van der Waals surface area contributed by atoms with Crippen molar-refractivity contribution in [3.63, 3.8) is 0 Å². The molecule has 88 valence electrons. The Labute approximate surface area is 98.7 Å². The largest absolute Gasteiger partial charge is 0.335 e. The van der Waals surface area contributed by atoms with Crippen molar-refractivity contribution in [1.29, 1.82) is 0 Å². The number of hydrogen-bond acceptors (Lipinski definition) is 5. The molecule has 1 fully saturated rings.